The molecule has 2 fully saturated rings. The second-order valence-electron chi connectivity index (χ2n) is 9.21. The maximum Gasteiger partial charge on any atom is 0.265 e. The number of carbonyl (C=O) groups is 2. The van der Waals surface area contributed by atoms with Gasteiger partial charge in [0, 0.05) is 25.7 Å². The lowest BCUT2D eigenvalue weighted by Crippen LogP contribution is -2.47. The Bertz CT molecular complexity index is 991. The van der Waals surface area contributed by atoms with Gasteiger partial charge >= 0.3 is 0 Å². The summed E-state index contributed by atoms with van der Waals surface area (Å²) in [6.07, 6.45) is 3.82. The van der Waals surface area contributed by atoms with Gasteiger partial charge in [-0.2, -0.15) is 4.31 Å². The van der Waals surface area contributed by atoms with Gasteiger partial charge in [0.05, 0.1) is 10.6 Å². The number of nitrogens with one attached hydrogen (secondary N) is 1. The van der Waals surface area contributed by atoms with E-state index >= 15 is 0 Å². The Kier molecular flexibility index (Phi) is 7.25. The third-order valence-corrected chi connectivity index (χ3v) is 8.89. The van der Waals surface area contributed by atoms with E-state index in [1.807, 2.05) is 0 Å². The lowest BCUT2D eigenvalue weighted by molar-refractivity contribution is -0.125. The van der Waals surface area contributed by atoms with Crippen molar-refractivity contribution in [1.82, 2.24) is 14.5 Å². The highest BCUT2D eigenvalue weighted by molar-refractivity contribution is 7.89. The zero-order valence-electron chi connectivity index (χ0n) is 19.5. The van der Waals surface area contributed by atoms with Crippen molar-refractivity contribution in [1.29, 1.82) is 0 Å². The van der Waals surface area contributed by atoms with Gasteiger partial charge in [-0.1, -0.05) is 13.8 Å². The van der Waals surface area contributed by atoms with Crippen molar-refractivity contribution in [2.75, 3.05) is 50.8 Å². The van der Waals surface area contributed by atoms with Gasteiger partial charge in [0.2, 0.25) is 15.9 Å². The molecule has 182 valence electrons. The molecule has 0 bridgehead atoms. The number of ether oxygens (including phenoxy) is 1. The van der Waals surface area contributed by atoms with Gasteiger partial charge in [-0.3, -0.25) is 19.4 Å². The van der Waals surface area contributed by atoms with Crippen LogP contribution in [0.15, 0.2) is 23.1 Å². The van der Waals surface area contributed by atoms with E-state index in [2.05, 4.69) is 24.1 Å². The van der Waals surface area contributed by atoms with Crippen LogP contribution in [0.3, 0.4) is 0 Å². The number of hydrogen-bond acceptors (Lipinski definition) is 6. The van der Waals surface area contributed by atoms with Crippen molar-refractivity contribution in [2.45, 2.75) is 50.5 Å². The molecule has 1 N–H and O–H groups in total. The first kappa shape index (κ1) is 24.0. The van der Waals surface area contributed by atoms with Crippen LogP contribution < -0.4 is 15.0 Å². The van der Waals surface area contributed by atoms with Crippen LogP contribution >= 0.6 is 0 Å². The van der Waals surface area contributed by atoms with Crippen molar-refractivity contribution < 1.29 is 22.7 Å². The quantitative estimate of drug-likeness (QED) is 0.637. The largest absolute Gasteiger partial charge is 0.482 e. The van der Waals surface area contributed by atoms with E-state index in [1.165, 1.54) is 21.3 Å². The molecule has 0 unspecified atom stereocenters. The molecular weight excluding hydrogens is 444 g/mol. The van der Waals surface area contributed by atoms with Crippen molar-refractivity contribution in [2.24, 2.45) is 5.92 Å². The van der Waals surface area contributed by atoms with E-state index in [4.69, 9.17) is 4.74 Å². The van der Waals surface area contributed by atoms with Gasteiger partial charge in [0.15, 0.2) is 6.61 Å². The van der Waals surface area contributed by atoms with Crippen LogP contribution in [0.2, 0.25) is 0 Å². The lowest BCUT2D eigenvalue weighted by atomic mass is 10.0. The Morgan fingerprint density at radius 3 is 2.67 bits per heavy atom. The van der Waals surface area contributed by atoms with E-state index in [0.717, 1.165) is 38.8 Å². The fourth-order valence-corrected chi connectivity index (χ4v) is 6.35. The molecule has 1 aromatic rings. The van der Waals surface area contributed by atoms with Gasteiger partial charge in [-0.05, 0) is 62.9 Å². The first-order valence-corrected chi connectivity index (χ1v) is 13.3. The first-order valence-electron chi connectivity index (χ1n) is 11.9. The number of amides is 2. The number of nitrogens with zero attached hydrogens (tertiary/aromatic N) is 3. The molecular formula is C23H34N4O5S. The average Bonchev–Trinajstić information content (AvgIpc) is 3.27. The SMILES string of the molecule is CCN1CCC[C@H]1CNC(=O)CN1C(=O)COc2ccc(S(=O)(=O)N3CCC(C)CC3)cc21. The van der Waals surface area contributed by atoms with Gasteiger partial charge in [0.25, 0.3) is 5.91 Å². The molecule has 3 aliphatic rings. The fraction of sp³-hybridized carbons (Fsp3) is 0.652. The third kappa shape index (κ3) is 5.17. The van der Waals surface area contributed by atoms with Crippen molar-refractivity contribution in [3.8, 4) is 5.75 Å². The molecule has 2 amide bonds. The van der Waals surface area contributed by atoms with Gasteiger partial charge < -0.3 is 10.1 Å². The number of likely N-dealkylation sites (N-methyl/N-ethyl adjacent to an activating group) is 1. The molecule has 2 saturated heterocycles. The van der Waals surface area contributed by atoms with E-state index < -0.39 is 10.0 Å². The summed E-state index contributed by atoms with van der Waals surface area (Å²) >= 11 is 0. The van der Waals surface area contributed by atoms with Crippen LogP contribution in [0.5, 0.6) is 5.75 Å². The molecule has 9 nitrogen and oxygen atoms in total. The van der Waals surface area contributed by atoms with Crippen LogP contribution in [0.4, 0.5) is 5.69 Å². The maximum absolute atomic E-state index is 13.2. The average molecular weight is 479 g/mol. The summed E-state index contributed by atoms with van der Waals surface area (Å²) in [4.78, 5) is 29.1. The Labute approximate surface area is 196 Å². The molecule has 1 atom stereocenters. The molecule has 0 radical (unpaired) electrons. The minimum absolute atomic E-state index is 0.115. The van der Waals surface area contributed by atoms with Crippen molar-refractivity contribution in [3.63, 3.8) is 0 Å². The standard InChI is InChI=1S/C23H34N4O5S/c1-3-25-10-4-5-18(25)14-24-22(28)15-27-20-13-19(6-7-21(20)32-16-23(27)29)33(30,31)26-11-8-17(2)9-12-26/h6-7,13,17-18H,3-5,8-12,14-16H2,1-2H3,(H,24,28)/t18-/m0/s1. The lowest BCUT2D eigenvalue weighted by Gasteiger charge is -2.31. The Morgan fingerprint density at radius 1 is 1.18 bits per heavy atom. The Balaban J connectivity index is 1.48. The summed E-state index contributed by atoms with van der Waals surface area (Å²) in [6.45, 7) is 7.39. The highest BCUT2D eigenvalue weighted by Gasteiger charge is 2.33. The number of hydrogen-bond donors (Lipinski definition) is 1. The number of piperidine rings is 1. The smallest absolute Gasteiger partial charge is 0.265 e. The number of likely N-dealkylation sites (tertiary alicyclic amines) is 1. The highest BCUT2D eigenvalue weighted by Crippen LogP contribution is 2.35. The summed E-state index contributed by atoms with van der Waals surface area (Å²) in [5.41, 5.74) is 0.323. The molecule has 4 rings (SSSR count). The van der Waals surface area contributed by atoms with Crippen LogP contribution in [-0.2, 0) is 19.6 Å². The monoisotopic (exact) mass is 478 g/mol. The predicted molar refractivity (Wildman–Crippen MR) is 125 cm³/mol. The number of anilines is 1. The molecule has 0 saturated carbocycles. The maximum atomic E-state index is 13.2. The molecule has 0 spiro atoms. The van der Waals surface area contributed by atoms with Crippen molar-refractivity contribution >= 4 is 27.5 Å². The van der Waals surface area contributed by atoms with E-state index in [0.29, 0.717) is 43.0 Å². The summed E-state index contributed by atoms with van der Waals surface area (Å²) in [5.74, 6) is 0.280. The minimum atomic E-state index is -3.68. The van der Waals surface area contributed by atoms with E-state index in [1.54, 1.807) is 6.07 Å². The van der Waals surface area contributed by atoms with Gasteiger partial charge in [-0.25, -0.2) is 8.42 Å². The number of rotatable bonds is 7. The molecule has 0 aromatic heterocycles. The Morgan fingerprint density at radius 2 is 1.94 bits per heavy atom. The second kappa shape index (κ2) is 9.99. The summed E-state index contributed by atoms with van der Waals surface area (Å²) in [7, 11) is -3.68. The molecule has 1 aromatic carbocycles. The Hall–Kier alpha value is -2.17. The molecule has 0 aliphatic carbocycles. The second-order valence-corrected chi connectivity index (χ2v) is 11.2. The summed E-state index contributed by atoms with van der Waals surface area (Å²) in [6, 6.07) is 4.86. The molecule has 3 heterocycles. The number of benzene rings is 1. The molecule has 33 heavy (non-hydrogen) atoms. The van der Waals surface area contributed by atoms with Crippen LogP contribution in [0, 0.1) is 5.92 Å². The minimum Gasteiger partial charge on any atom is -0.482 e. The van der Waals surface area contributed by atoms with E-state index in [-0.39, 0.29) is 29.9 Å². The van der Waals surface area contributed by atoms with Crippen LogP contribution in [0.1, 0.15) is 39.5 Å². The highest BCUT2D eigenvalue weighted by atomic mass is 32.2. The fourth-order valence-electron chi connectivity index (χ4n) is 4.86. The predicted octanol–water partition coefficient (Wildman–Crippen LogP) is 1.43. The van der Waals surface area contributed by atoms with Crippen LogP contribution in [0.25, 0.3) is 0 Å². The normalized spacial score (nSPS) is 22.8. The van der Waals surface area contributed by atoms with E-state index in [9.17, 15) is 18.0 Å². The number of fused-ring (bicyclic) bond motifs is 1. The summed E-state index contributed by atoms with van der Waals surface area (Å²) in [5, 5.41) is 2.95. The zero-order chi connectivity index (χ0) is 23.6. The molecule has 3 aliphatic heterocycles. The van der Waals surface area contributed by atoms with Crippen LogP contribution in [-0.4, -0.2) is 81.4 Å². The van der Waals surface area contributed by atoms with Gasteiger partial charge in [0.1, 0.15) is 12.3 Å². The zero-order valence-corrected chi connectivity index (χ0v) is 20.3. The van der Waals surface area contributed by atoms with Gasteiger partial charge in [-0.15, -0.1) is 0 Å². The summed E-state index contributed by atoms with van der Waals surface area (Å²) < 4.78 is 33.4. The van der Waals surface area contributed by atoms with Crippen molar-refractivity contribution in [3.05, 3.63) is 18.2 Å². The first-order chi connectivity index (χ1) is 15.8. The number of sulfonamides is 1. The number of carbonyl (C=O) groups excluding carboxylic acids is 2. The third-order valence-electron chi connectivity index (χ3n) is 7.00. The topological polar surface area (TPSA) is 99.3 Å². The molecule has 10 heteroatoms.